The van der Waals surface area contributed by atoms with Crippen molar-refractivity contribution in [3.05, 3.63) is 11.6 Å². The normalized spacial score (nSPS) is 12.8. The summed E-state index contributed by atoms with van der Waals surface area (Å²) in [6.07, 6.45) is 3.06. The molecule has 0 aromatic rings. The third-order valence-electron chi connectivity index (χ3n) is 1.57. The molecule has 0 spiro atoms. The van der Waals surface area contributed by atoms with Crippen LogP contribution in [-0.2, 0) is 9.53 Å². The first kappa shape index (κ1) is 13.5. The lowest BCUT2D eigenvalue weighted by atomic mass is 10.1. The van der Waals surface area contributed by atoms with Gasteiger partial charge in [-0.05, 0) is 34.1 Å². The summed E-state index contributed by atoms with van der Waals surface area (Å²) in [5.41, 5.74) is 0.743. The van der Waals surface area contributed by atoms with Crippen molar-refractivity contribution < 1.29 is 9.53 Å². The molecule has 0 rings (SSSR count). The summed E-state index contributed by atoms with van der Waals surface area (Å²) >= 11 is 5.53. The molecular formula is C11H19ClO2. The van der Waals surface area contributed by atoms with Crippen molar-refractivity contribution in [1.29, 1.82) is 0 Å². The van der Waals surface area contributed by atoms with Crippen molar-refractivity contribution in [2.75, 3.05) is 5.88 Å². The van der Waals surface area contributed by atoms with Crippen LogP contribution in [0.4, 0.5) is 0 Å². The number of ether oxygens (including phenoxy) is 1. The third kappa shape index (κ3) is 8.11. The fourth-order valence-corrected chi connectivity index (χ4v) is 1.19. The van der Waals surface area contributed by atoms with Gasteiger partial charge < -0.3 is 4.74 Å². The summed E-state index contributed by atoms with van der Waals surface area (Å²) < 4.78 is 5.17. The molecule has 0 aromatic heterocycles. The van der Waals surface area contributed by atoms with E-state index in [9.17, 15) is 4.79 Å². The summed E-state index contributed by atoms with van der Waals surface area (Å²) in [5.74, 6) is 0.347. The van der Waals surface area contributed by atoms with Gasteiger partial charge in [-0.2, -0.15) is 0 Å². The van der Waals surface area contributed by atoms with Crippen molar-refractivity contribution >= 4 is 17.6 Å². The van der Waals surface area contributed by atoms with Crippen molar-refractivity contribution in [2.45, 2.75) is 46.1 Å². The van der Waals surface area contributed by atoms with Crippen molar-refractivity contribution in [1.82, 2.24) is 0 Å². The van der Waals surface area contributed by atoms with Gasteiger partial charge in [-0.3, -0.25) is 4.79 Å². The van der Waals surface area contributed by atoms with Crippen LogP contribution in [0.15, 0.2) is 11.6 Å². The minimum absolute atomic E-state index is 0.153. The third-order valence-corrected chi connectivity index (χ3v) is 1.72. The molecule has 0 aliphatic carbocycles. The van der Waals surface area contributed by atoms with E-state index in [0.29, 0.717) is 12.3 Å². The zero-order chi connectivity index (χ0) is 11.2. The average molecular weight is 219 g/mol. The number of rotatable bonds is 4. The molecule has 0 saturated carbocycles. The smallest absolute Gasteiger partial charge is 0.306 e. The molecule has 0 amide bonds. The summed E-state index contributed by atoms with van der Waals surface area (Å²) in [7, 11) is 0. The Morgan fingerprint density at radius 1 is 1.36 bits per heavy atom. The Bertz CT molecular complexity index is 214. The van der Waals surface area contributed by atoms with Crippen LogP contribution < -0.4 is 0 Å². The van der Waals surface area contributed by atoms with E-state index in [1.165, 1.54) is 0 Å². The molecule has 0 atom stereocenters. The molecular weight excluding hydrogens is 200 g/mol. The molecule has 3 heteroatoms. The minimum Gasteiger partial charge on any atom is -0.460 e. The van der Waals surface area contributed by atoms with E-state index in [2.05, 4.69) is 0 Å². The van der Waals surface area contributed by atoms with Crippen molar-refractivity contribution in [3.8, 4) is 0 Å². The monoisotopic (exact) mass is 218 g/mol. The Morgan fingerprint density at radius 2 is 1.93 bits per heavy atom. The molecule has 82 valence electrons. The first-order valence-electron chi connectivity index (χ1n) is 4.78. The Labute approximate surface area is 91.3 Å². The highest BCUT2D eigenvalue weighted by atomic mass is 35.5. The van der Waals surface area contributed by atoms with E-state index >= 15 is 0 Å². The van der Waals surface area contributed by atoms with Crippen LogP contribution in [0.1, 0.15) is 40.5 Å². The molecule has 2 nitrogen and oxygen atoms in total. The number of hydrogen-bond acceptors (Lipinski definition) is 2. The molecule has 0 fully saturated rings. The van der Waals surface area contributed by atoms with Gasteiger partial charge >= 0.3 is 5.97 Å². The van der Waals surface area contributed by atoms with E-state index in [4.69, 9.17) is 16.3 Å². The molecule has 0 aliphatic heterocycles. The zero-order valence-corrected chi connectivity index (χ0v) is 10.1. The first-order valence-corrected chi connectivity index (χ1v) is 5.32. The van der Waals surface area contributed by atoms with Gasteiger partial charge in [0, 0.05) is 12.3 Å². The van der Waals surface area contributed by atoms with E-state index in [-0.39, 0.29) is 11.6 Å². The van der Waals surface area contributed by atoms with Crippen LogP contribution in [0.3, 0.4) is 0 Å². The maximum Gasteiger partial charge on any atom is 0.306 e. The molecule has 0 aliphatic rings. The Kier molecular flexibility index (Phi) is 5.86. The molecule has 0 N–H and O–H groups in total. The summed E-state index contributed by atoms with van der Waals surface area (Å²) in [5, 5.41) is 0. The predicted molar refractivity (Wildman–Crippen MR) is 59.6 cm³/mol. The Hall–Kier alpha value is -0.500. The second-order valence-corrected chi connectivity index (χ2v) is 4.60. The van der Waals surface area contributed by atoms with E-state index < -0.39 is 0 Å². The molecule has 14 heavy (non-hydrogen) atoms. The van der Waals surface area contributed by atoms with Crippen LogP contribution in [0.5, 0.6) is 0 Å². The van der Waals surface area contributed by atoms with Crippen molar-refractivity contribution in [2.24, 2.45) is 0 Å². The molecule has 0 unspecified atom stereocenters. The fraction of sp³-hybridized carbons (Fsp3) is 0.727. The van der Waals surface area contributed by atoms with E-state index in [1.807, 2.05) is 33.8 Å². The number of halogens is 1. The number of carbonyl (C=O) groups excluding carboxylic acids is 1. The SMILES string of the molecule is C/C(=C\CCl)CCC(=O)OC(C)(C)C. The number of hydrogen-bond donors (Lipinski definition) is 0. The molecule has 0 radical (unpaired) electrons. The maximum absolute atomic E-state index is 11.3. The Balaban J connectivity index is 3.81. The van der Waals surface area contributed by atoms with Gasteiger partial charge in [-0.15, -0.1) is 11.6 Å². The quantitative estimate of drug-likeness (QED) is 0.411. The summed E-state index contributed by atoms with van der Waals surface area (Å²) in [6, 6.07) is 0. The zero-order valence-electron chi connectivity index (χ0n) is 9.39. The first-order chi connectivity index (χ1) is 6.35. The second-order valence-electron chi connectivity index (χ2n) is 4.29. The van der Waals surface area contributed by atoms with Crippen LogP contribution in [0.2, 0.25) is 0 Å². The highest BCUT2D eigenvalue weighted by Crippen LogP contribution is 2.11. The van der Waals surface area contributed by atoms with Gasteiger partial charge in [0.2, 0.25) is 0 Å². The van der Waals surface area contributed by atoms with Crippen molar-refractivity contribution in [3.63, 3.8) is 0 Å². The van der Waals surface area contributed by atoms with Crippen LogP contribution in [-0.4, -0.2) is 17.5 Å². The lowest BCUT2D eigenvalue weighted by Crippen LogP contribution is -2.23. The summed E-state index contributed by atoms with van der Waals surface area (Å²) in [4.78, 5) is 11.3. The number of esters is 1. The largest absolute Gasteiger partial charge is 0.460 e. The van der Waals surface area contributed by atoms with Gasteiger partial charge in [0.05, 0.1) is 0 Å². The highest BCUT2D eigenvalue weighted by Gasteiger charge is 2.15. The lowest BCUT2D eigenvalue weighted by Gasteiger charge is -2.19. The predicted octanol–water partition coefficient (Wildman–Crippen LogP) is 3.29. The number of alkyl halides is 1. The number of allylic oxidation sites excluding steroid dienone is 2. The average Bonchev–Trinajstić information content (AvgIpc) is 1.98. The lowest BCUT2D eigenvalue weighted by molar-refractivity contribution is -0.154. The topological polar surface area (TPSA) is 26.3 Å². The standard InChI is InChI=1S/C11H19ClO2/c1-9(7-8-12)5-6-10(13)14-11(2,3)4/h7H,5-6,8H2,1-4H3/b9-7+. The van der Waals surface area contributed by atoms with Gasteiger partial charge in [0.15, 0.2) is 0 Å². The Morgan fingerprint density at radius 3 is 2.36 bits per heavy atom. The highest BCUT2D eigenvalue weighted by molar-refractivity contribution is 6.18. The van der Waals surface area contributed by atoms with Gasteiger partial charge in [-0.25, -0.2) is 0 Å². The van der Waals surface area contributed by atoms with Gasteiger partial charge in [0.1, 0.15) is 5.60 Å². The molecule has 0 heterocycles. The fourth-order valence-electron chi connectivity index (χ4n) is 0.926. The second kappa shape index (κ2) is 6.07. The minimum atomic E-state index is -0.388. The van der Waals surface area contributed by atoms with Crippen LogP contribution >= 0.6 is 11.6 Å². The molecule has 0 saturated heterocycles. The molecule has 0 aromatic carbocycles. The van der Waals surface area contributed by atoms with Crippen LogP contribution in [0, 0.1) is 0 Å². The maximum atomic E-state index is 11.3. The van der Waals surface area contributed by atoms with E-state index in [1.54, 1.807) is 0 Å². The van der Waals surface area contributed by atoms with Gasteiger partial charge in [0.25, 0.3) is 0 Å². The van der Waals surface area contributed by atoms with E-state index in [0.717, 1.165) is 12.0 Å². The number of carbonyl (C=O) groups is 1. The molecule has 0 bridgehead atoms. The van der Waals surface area contributed by atoms with Crippen LogP contribution in [0.25, 0.3) is 0 Å². The van der Waals surface area contributed by atoms with Gasteiger partial charge in [-0.1, -0.05) is 11.6 Å². The summed E-state index contributed by atoms with van der Waals surface area (Å²) in [6.45, 7) is 7.57.